The minimum absolute atomic E-state index is 0.00153. The van der Waals surface area contributed by atoms with Gasteiger partial charge in [0.1, 0.15) is 12.0 Å². The standard InChI is InChI=1S/C37H56O6/c1-25-9-7-10-30(36(25)27(3)22-38)21-31(24-41-23-29-14-17-32(40-6)18-15-29)37-26(2)13-16-34(43-37)12-8-11-33-19-20-35(42-33)28(4)39-5/h8,12,14-15,17-18,21-22,25-28,30,33-37H,7,9-11,13,16,19-20,23-24H2,1-6H3/b12-8+,31-21+/t25-,26-,27-,28+,30-,33+,34-,35-,36-,37-/m0/s1. The summed E-state index contributed by atoms with van der Waals surface area (Å²) < 4.78 is 30.2. The van der Waals surface area contributed by atoms with Crippen LogP contribution in [0.25, 0.3) is 0 Å². The van der Waals surface area contributed by atoms with E-state index in [-0.39, 0.29) is 36.4 Å². The second kappa shape index (κ2) is 16.9. The SMILES string of the molecule is COc1ccc(COC/C(=C\[C@@H]2CCC[C@H](C)[C@H]2[C@@H](C)C=O)[C@H]2O[C@@H](/C=C/C[C@@H]3CC[C@@H]([C@@H](C)OC)O3)CC[C@@H]2C)cc1. The average Bonchev–Trinajstić information content (AvgIpc) is 3.50. The van der Waals surface area contributed by atoms with Gasteiger partial charge >= 0.3 is 0 Å². The molecule has 0 unspecified atom stereocenters. The molecule has 2 aliphatic heterocycles. The maximum Gasteiger partial charge on any atom is 0.123 e. The third kappa shape index (κ3) is 9.50. The van der Waals surface area contributed by atoms with Crippen LogP contribution in [-0.2, 0) is 30.3 Å². The zero-order valence-corrected chi connectivity index (χ0v) is 27.4. The van der Waals surface area contributed by atoms with E-state index in [9.17, 15) is 4.79 Å². The van der Waals surface area contributed by atoms with Crippen molar-refractivity contribution in [1.29, 1.82) is 0 Å². The van der Waals surface area contributed by atoms with E-state index in [0.717, 1.165) is 56.1 Å². The van der Waals surface area contributed by atoms with Gasteiger partial charge in [-0.1, -0.05) is 64.0 Å². The predicted octanol–water partition coefficient (Wildman–Crippen LogP) is 7.74. The van der Waals surface area contributed by atoms with Crippen LogP contribution in [0.15, 0.2) is 48.1 Å². The highest BCUT2D eigenvalue weighted by atomic mass is 16.5. The van der Waals surface area contributed by atoms with Crippen LogP contribution in [0.2, 0.25) is 0 Å². The summed E-state index contributed by atoms with van der Waals surface area (Å²) in [7, 11) is 3.44. The molecule has 1 saturated carbocycles. The van der Waals surface area contributed by atoms with Crippen LogP contribution in [-0.4, -0.2) is 57.6 Å². The summed E-state index contributed by atoms with van der Waals surface area (Å²) in [6, 6.07) is 8.06. The average molecular weight is 597 g/mol. The molecule has 3 fully saturated rings. The van der Waals surface area contributed by atoms with Gasteiger partial charge in [-0.25, -0.2) is 0 Å². The number of carbonyl (C=O) groups excluding carboxylic acids is 1. The number of rotatable bonds is 14. The molecule has 0 amide bonds. The maximum atomic E-state index is 11.9. The third-order valence-electron chi connectivity index (χ3n) is 10.2. The Balaban J connectivity index is 1.46. The summed E-state index contributed by atoms with van der Waals surface area (Å²) >= 11 is 0. The van der Waals surface area contributed by atoms with Crippen molar-refractivity contribution in [3.05, 3.63) is 53.6 Å². The highest BCUT2D eigenvalue weighted by Crippen LogP contribution is 2.41. The van der Waals surface area contributed by atoms with E-state index < -0.39 is 0 Å². The first-order chi connectivity index (χ1) is 20.8. The van der Waals surface area contributed by atoms with Crippen LogP contribution in [0, 0.1) is 29.6 Å². The molecule has 0 radical (unpaired) electrons. The Morgan fingerprint density at radius 3 is 2.49 bits per heavy atom. The molecule has 1 aromatic carbocycles. The normalized spacial score (nSPS) is 33.4. The van der Waals surface area contributed by atoms with Crippen molar-refractivity contribution >= 4 is 6.29 Å². The van der Waals surface area contributed by atoms with Crippen LogP contribution in [0.3, 0.4) is 0 Å². The molecule has 2 heterocycles. The van der Waals surface area contributed by atoms with Crippen LogP contribution >= 0.6 is 0 Å². The molecule has 2 saturated heterocycles. The van der Waals surface area contributed by atoms with Gasteiger partial charge in [0.05, 0.1) is 50.8 Å². The fourth-order valence-electron chi connectivity index (χ4n) is 7.53. The summed E-state index contributed by atoms with van der Waals surface area (Å²) in [6.45, 7) is 9.86. The van der Waals surface area contributed by atoms with E-state index in [1.165, 1.54) is 18.4 Å². The third-order valence-corrected chi connectivity index (χ3v) is 10.2. The van der Waals surface area contributed by atoms with Gasteiger partial charge < -0.3 is 28.5 Å². The minimum Gasteiger partial charge on any atom is -0.497 e. The number of ether oxygens (including phenoxy) is 5. The van der Waals surface area contributed by atoms with E-state index in [2.05, 4.69) is 58.1 Å². The molecule has 6 heteroatoms. The molecule has 43 heavy (non-hydrogen) atoms. The van der Waals surface area contributed by atoms with E-state index in [1.54, 1.807) is 14.2 Å². The second-order valence-corrected chi connectivity index (χ2v) is 13.4. The zero-order valence-electron chi connectivity index (χ0n) is 27.4. The highest BCUT2D eigenvalue weighted by molar-refractivity contribution is 5.53. The Morgan fingerprint density at radius 2 is 1.77 bits per heavy atom. The fourth-order valence-corrected chi connectivity index (χ4v) is 7.53. The Hall–Kier alpha value is -1.99. The first-order valence-electron chi connectivity index (χ1n) is 16.7. The molecule has 4 rings (SSSR count). The van der Waals surface area contributed by atoms with E-state index in [4.69, 9.17) is 23.7 Å². The predicted molar refractivity (Wildman–Crippen MR) is 171 cm³/mol. The lowest BCUT2D eigenvalue weighted by Gasteiger charge is -2.40. The maximum absolute atomic E-state index is 11.9. The molecule has 1 aromatic rings. The number of allylic oxidation sites excluding steroid dienone is 1. The Kier molecular flexibility index (Phi) is 13.3. The molecule has 10 atom stereocenters. The van der Waals surface area contributed by atoms with Crippen molar-refractivity contribution in [2.75, 3.05) is 20.8 Å². The Labute approximate surface area is 260 Å². The fraction of sp³-hybridized carbons (Fsp3) is 0.703. The van der Waals surface area contributed by atoms with E-state index in [0.29, 0.717) is 36.9 Å². The Morgan fingerprint density at radius 1 is 0.977 bits per heavy atom. The lowest BCUT2D eigenvalue weighted by molar-refractivity contribution is -0.113. The summed E-state index contributed by atoms with van der Waals surface area (Å²) in [4.78, 5) is 11.9. The number of hydrogen-bond donors (Lipinski definition) is 0. The molecule has 0 bridgehead atoms. The van der Waals surface area contributed by atoms with Crippen LogP contribution < -0.4 is 4.74 Å². The quantitative estimate of drug-likeness (QED) is 0.162. The van der Waals surface area contributed by atoms with Gasteiger partial charge in [0.15, 0.2) is 0 Å². The first-order valence-corrected chi connectivity index (χ1v) is 16.7. The zero-order chi connectivity index (χ0) is 30.8. The lowest BCUT2D eigenvalue weighted by atomic mass is 9.67. The van der Waals surface area contributed by atoms with Gasteiger partial charge in [0.25, 0.3) is 0 Å². The highest BCUT2D eigenvalue weighted by Gasteiger charge is 2.36. The van der Waals surface area contributed by atoms with Gasteiger partial charge in [-0.3, -0.25) is 0 Å². The summed E-state index contributed by atoms with van der Waals surface area (Å²) in [5, 5.41) is 0. The monoisotopic (exact) mass is 596 g/mol. The number of benzene rings is 1. The van der Waals surface area contributed by atoms with Crippen molar-refractivity contribution in [3.63, 3.8) is 0 Å². The molecular formula is C37H56O6. The molecule has 0 N–H and O–H groups in total. The number of methoxy groups -OCH3 is 2. The summed E-state index contributed by atoms with van der Waals surface area (Å²) in [5.41, 5.74) is 2.35. The van der Waals surface area contributed by atoms with Crippen molar-refractivity contribution in [3.8, 4) is 5.75 Å². The van der Waals surface area contributed by atoms with Gasteiger partial charge in [-0.2, -0.15) is 0 Å². The number of aldehydes is 1. The van der Waals surface area contributed by atoms with Gasteiger partial charge in [-0.15, -0.1) is 0 Å². The van der Waals surface area contributed by atoms with E-state index in [1.807, 2.05) is 12.1 Å². The molecule has 6 nitrogen and oxygen atoms in total. The lowest BCUT2D eigenvalue weighted by Crippen LogP contribution is -2.37. The Bertz CT molecular complexity index is 1030. The largest absolute Gasteiger partial charge is 0.497 e. The number of carbonyl (C=O) groups is 1. The molecule has 3 aliphatic rings. The smallest absolute Gasteiger partial charge is 0.123 e. The van der Waals surface area contributed by atoms with Crippen LogP contribution in [0.4, 0.5) is 0 Å². The minimum atomic E-state index is -0.00153. The van der Waals surface area contributed by atoms with Gasteiger partial charge in [0, 0.05) is 13.0 Å². The molecule has 240 valence electrons. The first kappa shape index (κ1) is 33.9. The van der Waals surface area contributed by atoms with Crippen molar-refractivity contribution in [2.24, 2.45) is 29.6 Å². The molecule has 0 spiro atoms. The topological polar surface area (TPSA) is 63.2 Å². The van der Waals surface area contributed by atoms with Gasteiger partial charge in [0.2, 0.25) is 0 Å². The van der Waals surface area contributed by atoms with Gasteiger partial charge in [-0.05, 0) is 92.4 Å². The summed E-state index contributed by atoms with van der Waals surface area (Å²) in [6.07, 6.45) is 17.5. The van der Waals surface area contributed by atoms with Crippen LogP contribution in [0.1, 0.15) is 84.6 Å². The number of hydrogen-bond acceptors (Lipinski definition) is 6. The van der Waals surface area contributed by atoms with Crippen molar-refractivity contribution in [1.82, 2.24) is 0 Å². The second-order valence-electron chi connectivity index (χ2n) is 13.4. The molecule has 0 aromatic heterocycles. The molecular weight excluding hydrogens is 540 g/mol. The summed E-state index contributed by atoms with van der Waals surface area (Å²) in [5.74, 6) is 2.53. The van der Waals surface area contributed by atoms with Crippen molar-refractivity contribution in [2.45, 2.75) is 116 Å². The van der Waals surface area contributed by atoms with Crippen LogP contribution in [0.5, 0.6) is 5.75 Å². The van der Waals surface area contributed by atoms with E-state index >= 15 is 0 Å². The van der Waals surface area contributed by atoms with Crippen molar-refractivity contribution < 1.29 is 28.5 Å². The molecule has 1 aliphatic carbocycles.